The molecule has 0 saturated heterocycles. The number of aryl methyl sites for hydroxylation is 1. The van der Waals surface area contributed by atoms with E-state index in [9.17, 15) is 22.4 Å². The minimum Gasteiger partial charge on any atom is -0.350 e. The van der Waals surface area contributed by atoms with Crippen LogP contribution in [0, 0.1) is 12.7 Å². The summed E-state index contributed by atoms with van der Waals surface area (Å²) in [6.07, 6.45) is 0.211. The molecule has 4 rings (SSSR count). The number of halogens is 1. The minimum absolute atomic E-state index is 0.0195. The molecule has 1 N–H and O–H groups in total. The Morgan fingerprint density at radius 3 is 1.98 bits per heavy atom. The maximum atomic E-state index is 14.5. The molecule has 0 spiro atoms. The Bertz CT molecular complexity index is 1670. The zero-order valence-corrected chi connectivity index (χ0v) is 26.2. The van der Waals surface area contributed by atoms with E-state index in [1.165, 1.54) is 29.2 Å². The predicted molar refractivity (Wildman–Crippen MR) is 171 cm³/mol. The lowest BCUT2D eigenvalue weighted by atomic mass is 10.00. The van der Waals surface area contributed by atoms with Crippen LogP contribution in [-0.4, -0.2) is 43.3 Å². The molecule has 4 aromatic rings. The molecule has 7 nitrogen and oxygen atoms in total. The Hall–Kier alpha value is -4.50. The van der Waals surface area contributed by atoms with Gasteiger partial charge in [0.05, 0.1) is 10.6 Å². The van der Waals surface area contributed by atoms with E-state index in [0.717, 1.165) is 33.1 Å². The summed E-state index contributed by atoms with van der Waals surface area (Å²) in [5.74, 6) is -1.48. The Morgan fingerprint density at radius 2 is 1.39 bits per heavy atom. The number of anilines is 1. The molecule has 0 saturated carbocycles. The van der Waals surface area contributed by atoms with Crippen molar-refractivity contribution in [2.24, 2.45) is 0 Å². The molecular formula is C35H38FN3O4S. The molecule has 44 heavy (non-hydrogen) atoms. The van der Waals surface area contributed by atoms with E-state index >= 15 is 0 Å². The van der Waals surface area contributed by atoms with Gasteiger partial charge in [-0.2, -0.15) is 0 Å². The minimum atomic E-state index is -4.25. The maximum absolute atomic E-state index is 14.5. The summed E-state index contributed by atoms with van der Waals surface area (Å²) in [6.45, 7) is 6.97. The third-order valence-electron chi connectivity index (χ3n) is 7.10. The second kappa shape index (κ2) is 13.9. The predicted octanol–water partition coefficient (Wildman–Crippen LogP) is 5.88. The average Bonchev–Trinajstić information content (AvgIpc) is 2.99. The second-order valence-electron chi connectivity index (χ2n) is 11.7. The summed E-state index contributed by atoms with van der Waals surface area (Å²) in [5.41, 5.74) is 2.13. The fourth-order valence-electron chi connectivity index (χ4n) is 4.83. The lowest BCUT2D eigenvalue weighted by molar-refractivity contribution is -0.140. The number of hydrogen-bond donors (Lipinski definition) is 1. The monoisotopic (exact) mass is 615 g/mol. The number of sulfonamides is 1. The lowest BCUT2D eigenvalue weighted by Gasteiger charge is -2.35. The third-order valence-corrected chi connectivity index (χ3v) is 8.88. The van der Waals surface area contributed by atoms with Gasteiger partial charge >= 0.3 is 0 Å². The van der Waals surface area contributed by atoms with Crippen molar-refractivity contribution in [3.05, 3.63) is 132 Å². The van der Waals surface area contributed by atoms with Gasteiger partial charge in [0.15, 0.2) is 0 Å². The zero-order chi connectivity index (χ0) is 31.9. The van der Waals surface area contributed by atoms with Gasteiger partial charge in [0.25, 0.3) is 10.0 Å². The molecule has 2 amide bonds. The Labute approximate surface area is 259 Å². The molecule has 0 unspecified atom stereocenters. The van der Waals surface area contributed by atoms with Crippen molar-refractivity contribution in [3.63, 3.8) is 0 Å². The molecule has 0 aromatic heterocycles. The van der Waals surface area contributed by atoms with E-state index in [-0.39, 0.29) is 29.5 Å². The SMILES string of the molecule is Cc1ccccc1CN(C(=O)CN(c1ccc(F)cc1)S(=O)(=O)c1ccccc1)[C@H](Cc1ccccc1)C(=O)NC(C)(C)C. The van der Waals surface area contributed by atoms with E-state index in [0.29, 0.717) is 0 Å². The van der Waals surface area contributed by atoms with Crippen LogP contribution in [0.5, 0.6) is 0 Å². The first kappa shape index (κ1) is 32.4. The van der Waals surface area contributed by atoms with Gasteiger partial charge in [-0.05, 0) is 80.8 Å². The third kappa shape index (κ3) is 8.32. The second-order valence-corrected chi connectivity index (χ2v) is 13.6. The summed E-state index contributed by atoms with van der Waals surface area (Å²) in [7, 11) is -4.25. The molecule has 0 aliphatic heterocycles. The Kier molecular flexibility index (Phi) is 10.2. The molecule has 0 bridgehead atoms. The highest BCUT2D eigenvalue weighted by molar-refractivity contribution is 7.92. The number of rotatable bonds is 11. The van der Waals surface area contributed by atoms with Crippen LogP contribution in [0.25, 0.3) is 0 Å². The lowest BCUT2D eigenvalue weighted by Crippen LogP contribution is -2.56. The Balaban J connectivity index is 1.82. The average molecular weight is 616 g/mol. The maximum Gasteiger partial charge on any atom is 0.264 e. The van der Waals surface area contributed by atoms with Gasteiger partial charge in [-0.25, -0.2) is 12.8 Å². The van der Waals surface area contributed by atoms with Gasteiger partial charge < -0.3 is 10.2 Å². The van der Waals surface area contributed by atoms with E-state index in [1.54, 1.807) is 18.2 Å². The number of carbonyl (C=O) groups is 2. The fraction of sp³-hybridized carbons (Fsp3) is 0.257. The fourth-order valence-corrected chi connectivity index (χ4v) is 6.27. The van der Waals surface area contributed by atoms with Crippen LogP contribution in [-0.2, 0) is 32.6 Å². The normalized spacial score (nSPS) is 12.3. The van der Waals surface area contributed by atoms with E-state index in [2.05, 4.69) is 5.32 Å². The Morgan fingerprint density at radius 1 is 0.818 bits per heavy atom. The number of hydrogen-bond acceptors (Lipinski definition) is 4. The molecule has 0 fully saturated rings. The van der Waals surface area contributed by atoms with Gasteiger partial charge in [0.2, 0.25) is 11.8 Å². The van der Waals surface area contributed by atoms with Crippen molar-refractivity contribution in [1.82, 2.24) is 10.2 Å². The molecule has 0 heterocycles. The molecule has 0 radical (unpaired) electrons. The van der Waals surface area contributed by atoms with Crippen LogP contribution < -0.4 is 9.62 Å². The highest BCUT2D eigenvalue weighted by Gasteiger charge is 2.35. The quantitative estimate of drug-likeness (QED) is 0.228. The standard InChI is InChI=1S/C35H38FN3O4S/c1-26-13-11-12-16-28(26)24-38(32(34(41)37-35(2,3)4)23-27-14-7-5-8-15-27)33(40)25-39(30-21-19-29(36)20-22-30)44(42,43)31-17-9-6-10-18-31/h5-22,32H,23-25H2,1-4H3,(H,37,41)/t32-/m1/s1. The van der Waals surface area contributed by atoms with E-state index in [1.807, 2.05) is 82.3 Å². The van der Waals surface area contributed by atoms with Gasteiger partial charge in [-0.1, -0.05) is 72.8 Å². The summed E-state index contributed by atoms with van der Waals surface area (Å²) < 4.78 is 42.8. The highest BCUT2D eigenvalue weighted by Crippen LogP contribution is 2.26. The molecule has 9 heteroatoms. The van der Waals surface area contributed by atoms with E-state index < -0.39 is 39.9 Å². The summed E-state index contributed by atoms with van der Waals surface area (Å²) in [6, 6.07) is 28.7. The van der Waals surface area contributed by atoms with Crippen LogP contribution in [0.4, 0.5) is 10.1 Å². The van der Waals surface area contributed by atoms with Gasteiger partial charge in [-0.15, -0.1) is 0 Å². The van der Waals surface area contributed by atoms with Crippen LogP contribution in [0.3, 0.4) is 0 Å². The molecule has 0 aliphatic rings. The number of benzene rings is 4. The molecule has 230 valence electrons. The van der Waals surface area contributed by atoms with Crippen molar-refractivity contribution in [1.29, 1.82) is 0 Å². The van der Waals surface area contributed by atoms with Crippen LogP contribution >= 0.6 is 0 Å². The van der Waals surface area contributed by atoms with Crippen molar-refractivity contribution in [3.8, 4) is 0 Å². The largest absolute Gasteiger partial charge is 0.350 e. The number of nitrogens with zero attached hydrogens (tertiary/aromatic N) is 2. The van der Waals surface area contributed by atoms with Crippen LogP contribution in [0.15, 0.2) is 114 Å². The van der Waals surface area contributed by atoms with Gasteiger partial charge in [-0.3, -0.25) is 13.9 Å². The summed E-state index contributed by atoms with van der Waals surface area (Å²) >= 11 is 0. The molecular weight excluding hydrogens is 577 g/mol. The van der Waals surface area contributed by atoms with Crippen molar-refractivity contribution >= 4 is 27.5 Å². The molecule has 4 aromatic carbocycles. The van der Waals surface area contributed by atoms with Crippen molar-refractivity contribution in [2.45, 2.75) is 57.1 Å². The van der Waals surface area contributed by atoms with Crippen molar-refractivity contribution in [2.75, 3.05) is 10.8 Å². The summed E-state index contributed by atoms with van der Waals surface area (Å²) in [5, 5.41) is 3.02. The van der Waals surface area contributed by atoms with Crippen molar-refractivity contribution < 1.29 is 22.4 Å². The van der Waals surface area contributed by atoms with Crippen LogP contribution in [0.1, 0.15) is 37.5 Å². The zero-order valence-electron chi connectivity index (χ0n) is 25.4. The molecule has 1 atom stereocenters. The first-order valence-corrected chi connectivity index (χ1v) is 15.8. The number of carbonyl (C=O) groups excluding carboxylic acids is 2. The van der Waals surface area contributed by atoms with E-state index in [4.69, 9.17) is 0 Å². The first-order chi connectivity index (χ1) is 20.8. The van der Waals surface area contributed by atoms with Gasteiger partial charge in [0.1, 0.15) is 18.4 Å². The van der Waals surface area contributed by atoms with Gasteiger partial charge in [0, 0.05) is 18.5 Å². The summed E-state index contributed by atoms with van der Waals surface area (Å²) in [4.78, 5) is 29.8. The topological polar surface area (TPSA) is 86.8 Å². The number of nitrogens with one attached hydrogen (secondary N) is 1. The number of amides is 2. The highest BCUT2D eigenvalue weighted by atomic mass is 32.2. The molecule has 0 aliphatic carbocycles. The van der Waals surface area contributed by atoms with Crippen LogP contribution in [0.2, 0.25) is 0 Å². The smallest absolute Gasteiger partial charge is 0.264 e. The first-order valence-electron chi connectivity index (χ1n) is 14.4.